The average Bonchev–Trinajstić information content (AvgIpc) is 2.77. The Hall–Kier alpha value is -2.57. The van der Waals surface area contributed by atoms with Gasteiger partial charge in [0.15, 0.2) is 11.5 Å². The molecule has 1 unspecified atom stereocenters. The number of aliphatic hydroxyl groups excluding tert-OH is 1. The zero-order valence-electron chi connectivity index (χ0n) is 17.0. The van der Waals surface area contributed by atoms with Gasteiger partial charge in [-0.1, -0.05) is 24.3 Å². The Bertz CT molecular complexity index is 821. The molecule has 2 N–H and O–H groups in total. The van der Waals surface area contributed by atoms with Gasteiger partial charge in [0, 0.05) is 24.8 Å². The molecule has 3 rings (SSSR count). The summed E-state index contributed by atoms with van der Waals surface area (Å²) in [6.07, 6.45) is 2.64. The summed E-state index contributed by atoms with van der Waals surface area (Å²) in [5, 5.41) is 18.8. The molecule has 1 saturated heterocycles. The fraction of sp³-hybridized carbons (Fsp3) is 0.435. The number of likely N-dealkylation sites (tertiary alicyclic amines) is 1. The van der Waals surface area contributed by atoms with Gasteiger partial charge in [-0.25, -0.2) is 4.79 Å². The summed E-state index contributed by atoms with van der Waals surface area (Å²) in [5.41, 5.74) is 2.48. The number of carboxylic acid groups (broad SMARTS) is 1. The Balaban J connectivity index is 1.80. The maximum atomic E-state index is 11.0. The normalized spacial score (nSPS) is 19.7. The number of aliphatic hydroxyl groups is 1. The molecule has 0 radical (unpaired) electrons. The molecule has 2 atom stereocenters. The summed E-state index contributed by atoms with van der Waals surface area (Å²) in [6.45, 7) is 1.92. The lowest BCUT2D eigenvalue weighted by Gasteiger charge is -2.40. The molecule has 6 nitrogen and oxygen atoms in total. The summed E-state index contributed by atoms with van der Waals surface area (Å²) in [7, 11) is 3.29. The number of piperidine rings is 1. The minimum absolute atomic E-state index is 0.129. The molecule has 29 heavy (non-hydrogen) atoms. The smallest absolute Gasteiger partial charge is 0.335 e. The third kappa shape index (κ3) is 4.89. The molecule has 0 aliphatic carbocycles. The number of hydrogen-bond acceptors (Lipinski definition) is 5. The summed E-state index contributed by atoms with van der Waals surface area (Å²) in [6, 6.07) is 13.1. The molecule has 156 valence electrons. The number of benzene rings is 2. The van der Waals surface area contributed by atoms with Crippen LogP contribution in [0.15, 0.2) is 42.5 Å². The molecule has 2 aromatic rings. The van der Waals surface area contributed by atoms with Crippen LogP contribution in [0.5, 0.6) is 11.5 Å². The number of methoxy groups -OCH3 is 2. The Labute approximate surface area is 171 Å². The first kappa shape index (κ1) is 21.1. The fourth-order valence-electron chi connectivity index (χ4n) is 4.11. The van der Waals surface area contributed by atoms with Gasteiger partial charge in [0.1, 0.15) is 0 Å². The maximum Gasteiger partial charge on any atom is 0.335 e. The summed E-state index contributed by atoms with van der Waals surface area (Å²) >= 11 is 0. The van der Waals surface area contributed by atoms with E-state index in [1.54, 1.807) is 26.4 Å². The van der Waals surface area contributed by atoms with Crippen LogP contribution in [0.3, 0.4) is 0 Å². The van der Waals surface area contributed by atoms with Crippen molar-refractivity contribution in [3.05, 3.63) is 59.2 Å². The first-order valence-electron chi connectivity index (χ1n) is 9.95. The van der Waals surface area contributed by atoms with E-state index in [0.29, 0.717) is 11.3 Å². The third-order valence-electron chi connectivity index (χ3n) is 5.76. The molecule has 1 aliphatic rings. The van der Waals surface area contributed by atoms with Gasteiger partial charge in [-0.3, -0.25) is 4.90 Å². The van der Waals surface area contributed by atoms with E-state index in [2.05, 4.69) is 11.0 Å². The molecule has 1 aliphatic heterocycles. The Morgan fingerprint density at radius 3 is 2.52 bits per heavy atom. The van der Waals surface area contributed by atoms with Gasteiger partial charge in [0.2, 0.25) is 0 Å². The van der Waals surface area contributed by atoms with Crippen LogP contribution in [0.25, 0.3) is 0 Å². The highest BCUT2D eigenvalue weighted by Crippen LogP contribution is 2.42. The van der Waals surface area contributed by atoms with Crippen molar-refractivity contribution in [1.82, 2.24) is 4.90 Å². The highest BCUT2D eigenvalue weighted by Gasteiger charge is 2.31. The van der Waals surface area contributed by atoms with Crippen LogP contribution < -0.4 is 9.47 Å². The van der Waals surface area contributed by atoms with E-state index in [0.717, 1.165) is 49.2 Å². The number of rotatable bonds is 8. The predicted octanol–water partition coefficient (Wildman–Crippen LogP) is 3.39. The minimum atomic E-state index is -0.909. The van der Waals surface area contributed by atoms with Crippen LogP contribution in [0.2, 0.25) is 0 Å². The highest BCUT2D eigenvalue weighted by atomic mass is 16.5. The predicted molar refractivity (Wildman–Crippen MR) is 111 cm³/mol. The van der Waals surface area contributed by atoms with Gasteiger partial charge in [0.05, 0.1) is 19.8 Å². The molecule has 6 heteroatoms. The molecule has 0 saturated carbocycles. The number of ether oxygens (including phenoxy) is 2. The number of carboxylic acids is 1. The zero-order chi connectivity index (χ0) is 20.8. The number of hydrogen-bond donors (Lipinski definition) is 2. The van der Waals surface area contributed by atoms with E-state index in [1.165, 1.54) is 0 Å². The van der Waals surface area contributed by atoms with Crippen molar-refractivity contribution in [2.24, 2.45) is 5.92 Å². The van der Waals surface area contributed by atoms with Crippen LogP contribution in [-0.2, 0) is 6.42 Å². The Morgan fingerprint density at radius 2 is 1.90 bits per heavy atom. The van der Waals surface area contributed by atoms with Crippen LogP contribution in [0.4, 0.5) is 0 Å². The highest BCUT2D eigenvalue weighted by molar-refractivity contribution is 5.87. The van der Waals surface area contributed by atoms with Crippen molar-refractivity contribution in [2.75, 3.05) is 33.9 Å². The summed E-state index contributed by atoms with van der Waals surface area (Å²) in [4.78, 5) is 13.5. The van der Waals surface area contributed by atoms with E-state index in [1.807, 2.05) is 24.3 Å². The standard InChI is InChI=1S/C23H29NO5/c1-28-21-5-3-4-19(22(21)29-2)20-14-17(15-25)11-13-24(20)12-10-16-6-8-18(9-7-16)23(26)27/h3-9,17,20,25H,10-15H2,1-2H3,(H,26,27)/t17?,20-/m1/s1. The molecular formula is C23H29NO5. The quantitative estimate of drug-likeness (QED) is 0.708. The van der Waals surface area contributed by atoms with E-state index in [4.69, 9.17) is 14.6 Å². The molecule has 0 spiro atoms. The Kier molecular flexibility index (Phi) is 7.12. The van der Waals surface area contributed by atoms with Crippen LogP contribution >= 0.6 is 0 Å². The fourth-order valence-corrected chi connectivity index (χ4v) is 4.11. The molecule has 1 fully saturated rings. The second kappa shape index (κ2) is 9.76. The van der Waals surface area contributed by atoms with Crippen molar-refractivity contribution >= 4 is 5.97 Å². The second-order valence-electron chi connectivity index (χ2n) is 7.46. The first-order valence-corrected chi connectivity index (χ1v) is 9.95. The lowest BCUT2D eigenvalue weighted by Crippen LogP contribution is -2.39. The second-order valence-corrected chi connectivity index (χ2v) is 7.46. The zero-order valence-corrected chi connectivity index (χ0v) is 17.0. The van der Waals surface area contributed by atoms with Gasteiger partial charge >= 0.3 is 5.97 Å². The van der Waals surface area contributed by atoms with Gasteiger partial charge < -0.3 is 19.7 Å². The molecule has 0 aromatic heterocycles. The van der Waals surface area contributed by atoms with Crippen LogP contribution in [0, 0.1) is 5.92 Å². The molecule has 0 bridgehead atoms. The van der Waals surface area contributed by atoms with Crippen molar-refractivity contribution in [3.8, 4) is 11.5 Å². The SMILES string of the molecule is COc1cccc([C@H]2CC(CO)CCN2CCc2ccc(C(=O)O)cc2)c1OC. The average molecular weight is 399 g/mol. The molecule has 2 aromatic carbocycles. The topological polar surface area (TPSA) is 79.2 Å². The van der Waals surface area contributed by atoms with Crippen molar-refractivity contribution in [1.29, 1.82) is 0 Å². The largest absolute Gasteiger partial charge is 0.493 e. The van der Waals surface area contributed by atoms with E-state index in [9.17, 15) is 9.90 Å². The summed E-state index contributed by atoms with van der Waals surface area (Å²) < 4.78 is 11.1. The lowest BCUT2D eigenvalue weighted by atomic mass is 9.86. The number of aromatic carboxylic acids is 1. The monoisotopic (exact) mass is 399 g/mol. The number of para-hydroxylation sites is 1. The van der Waals surface area contributed by atoms with Gasteiger partial charge in [-0.2, -0.15) is 0 Å². The van der Waals surface area contributed by atoms with Gasteiger partial charge in [-0.05, 0) is 55.5 Å². The Morgan fingerprint density at radius 1 is 1.14 bits per heavy atom. The van der Waals surface area contributed by atoms with E-state index in [-0.39, 0.29) is 18.6 Å². The van der Waals surface area contributed by atoms with Crippen molar-refractivity contribution < 1.29 is 24.5 Å². The van der Waals surface area contributed by atoms with Crippen LogP contribution in [0.1, 0.15) is 40.4 Å². The molecule has 1 heterocycles. The first-order chi connectivity index (χ1) is 14.1. The molecule has 0 amide bonds. The lowest BCUT2D eigenvalue weighted by molar-refractivity contribution is 0.0696. The maximum absolute atomic E-state index is 11.0. The van der Waals surface area contributed by atoms with Crippen molar-refractivity contribution in [3.63, 3.8) is 0 Å². The summed E-state index contributed by atoms with van der Waals surface area (Å²) in [5.74, 6) is 0.810. The number of nitrogens with zero attached hydrogens (tertiary/aromatic N) is 1. The minimum Gasteiger partial charge on any atom is -0.493 e. The third-order valence-corrected chi connectivity index (χ3v) is 5.76. The van der Waals surface area contributed by atoms with Gasteiger partial charge in [-0.15, -0.1) is 0 Å². The van der Waals surface area contributed by atoms with E-state index < -0.39 is 5.97 Å². The van der Waals surface area contributed by atoms with Gasteiger partial charge in [0.25, 0.3) is 0 Å². The van der Waals surface area contributed by atoms with Crippen molar-refractivity contribution in [2.45, 2.75) is 25.3 Å². The molecular weight excluding hydrogens is 370 g/mol. The van der Waals surface area contributed by atoms with Crippen LogP contribution in [-0.4, -0.2) is 55.0 Å². The number of carbonyl (C=O) groups is 1. The van der Waals surface area contributed by atoms with E-state index >= 15 is 0 Å².